The van der Waals surface area contributed by atoms with Crippen molar-refractivity contribution in [2.75, 3.05) is 6.61 Å². The number of rotatable bonds is 6. The fraction of sp³-hybridized carbons (Fsp3) is 0.800. The van der Waals surface area contributed by atoms with Crippen molar-refractivity contribution in [3.8, 4) is 0 Å². The van der Waals surface area contributed by atoms with Crippen molar-refractivity contribution in [3.05, 3.63) is 0 Å². The highest BCUT2D eigenvalue weighted by atomic mass is 16.6. The molecule has 5 atom stereocenters. The smallest absolute Gasteiger partial charge is 0.303 e. The molecule has 0 bridgehead atoms. The number of aliphatic hydroxyl groups excluding tert-OH is 1. The van der Waals surface area contributed by atoms with E-state index in [0.717, 1.165) is 0 Å². The molecule has 132 valence electrons. The largest absolute Gasteiger partial charge is 0.456 e. The zero-order valence-electron chi connectivity index (χ0n) is 13.8. The maximum Gasteiger partial charge on any atom is 0.303 e. The molecule has 8 nitrogen and oxygen atoms in total. The van der Waals surface area contributed by atoms with Crippen LogP contribution in [0, 0.1) is 0 Å². The van der Waals surface area contributed by atoms with Crippen molar-refractivity contribution in [1.82, 2.24) is 0 Å². The lowest BCUT2D eigenvalue weighted by Crippen LogP contribution is -2.60. The van der Waals surface area contributed by atoms with Crippen molar-refractivity contribution in [3.63, 3.8) is 0 Å². The summed E-state index contributed by atoms with van der Waals surface area (Å²) in [5.41, 5.74) is 0. The number of aliphatic hydroxyl groups is 1. The van der Waals surface area contributed by atoms with Gasteiger partial charge in [-0.2, -0.15) is 0 Å². The van der Waals surface area contributed by atoms with E-state index in [-0.39, 0.29) is 6.61 Å². The fourth-order valence-electron chi connectivity index (χ4n) is 2.64. The van der Waals surface area contributed by atoms with E-state index >= 15 is 0 Å². The molecule has 0 aromatic carbocycles. The lowest BCUT2D eigenvalue weighted by atomic mass is 9.92. The van der Waals surface area contributed by atoms with Gasteiger partial charge in [-0.15, -0.1) is 0 Å². The van der Waals surface area contributed by atoms with Crippen LogP contribution in [0.2, 0.25) is 0 Å². The molecule has 5 unspecified atom stereocenters. The lowest BCUT2D eigenvalue weighted by Gasteiger charge is -2.43. The van der Waals surface area contributed by atoms with E-state index in [4.69, 9.17) is 24.1 Å². The van der Waals surface area contributed by atoms with Crippen molar-refractivity contribution in [2.45, 2.75) is 71.1 Å². The third-order valence-electron chi connectivity index (χ3n) is 3.42. The summed E-state index contributed by atoms with van der Waals surface area (Å²) in [6.45, 7) is 5.31. The van der Waals surface area contributed by atoms with Crippen LogP contribution in [-0.4, -0.2) is 60.1 Å². The van der Waals surface area contributed by atoms with E-state index in [0.29, 0.717) is 12.8 Å². The first kappa shape index (κ1) is 19.4. The predicted octanol–water partition coefficient (Wildman–Crippen LogP) is 0.341. The van der Waals surface area contributed by atoms with Gasteiger partial charge >= 0.3 is 17.9 Å². The maximum absolute atomic E-state index is 11.4. The summed E-state index contributed by atoms with van der Waals surface area (Å²) in [6.07, 6.45) is -3.05. The fourth-order valence-corrected chi connectivity index (χ4v) is 2.64. The molecule has 0 aliphatic carbocycles. The van der Waals surface area contributed by atoms with Gasteiger partial charge in [-0.05, 0) is 19.8 Å². The third kappa shape index (κ3) is 5.80. The Labute approximate surface area is 135 Å². The van der Waals surface area contributed by atoms with Gasteiger partial charge in [0.25, 0.3) is 0 Å². The van der Waals surface area contributed by atoms with Crippen LogP contribution in [0.25, 0.3) is 0 Å². The topological polar surface area (TPSA) is 108 Å². The first-order valence-corrected chi connectivity index (χ1v) is 7.54. The normalized spacial score (nSPS) is 30.4. The van der Waals surface area contributed by atoms with Crippen LogP contribution < -0.4 is 0 Å². The number of hydrogen-bond donors (Lipinski definition) is 1. The summed E-state index contributed by atoms with van der Waals surface area (Å²) >= 11 is 0. The molecule has 1 heterocycles. The zero-order chi connectivity index (χ0) is 17.6. The molecular formula is C15H24O8. The summed E-state index contributed by atoms with van der Waals surface area (Å²) in [5, 5.41) is 9.00. The van der Waals surface area contributed by atoms with Crippen LogP contribution in [0.15, 0.2) is 0 Å². The molecule has 1 N–H and O–H groups in total. The van der Waals surface area contributed by atoms with Gasteiger partial charge in [0.15, 0.2) is 18.3 Å². The molecule has 23 heavy (non-hydrogen) atoms. The summed E-state index contributed by atoms with van der Waals surface area (Å²) in [5.74, 6) is -1.71. The lowest BCUT2D eigenvalue weighted by molar-refractivity contribution is -0.244. The van der Waals surface area contributed by atoms with Gasteiger partial charge in [0.05, 0.1) is 12.2 Å². The molecule has 1 aliphatic heterocycles. The minimum atomic E-state index is -0.965. The Balaban J connectivity index is 3.08. The van der Waals surface area contributed by atoms with Crippen molar-refractivity contribution < 1.29 is 38.4 Å². The van der Waals surface area contributed by atoms with E-state index in [1.54, 1.807) is 6.92 Å². The molecule has 0 aromatic rings. The first-order chi connectivity index (χ1) is 10.8. The first-order valence-electron chi connectivity index (χ1n) is 7.54. The van der Waals surface area contributed by atoms with E-state index < -0.39 is 48.4 Å². The second-order valence-corrected chi connectivity index (χ2v) is 5.47. The van der Waals surface area contributed by atoms with E-state index in [9.17, 15) is 14.4 Å². The summed E-state index contributed by atoms with van der Waals surface area (Å²) < 4.78 is 21.5. The molecule has 1 rings (SSSR count). The Morgan fingerprint density at radius 2 is 1.39 bits per heavy atom. The Morgan fingerprint density at radius 3 is 1.87 bits per heavy atom. The van der Waals surface area contributed by atoms with Gasteiger partial charge in [-0.3, -0.25) is 14.4 Å². The molecule has 8 heteroatoms. The highest BCUT2D eigenvalue weighted by Gasteiger charge is 2.49. The Kier molecular flexibility index (Phi) is 7.44. The van der Waals surface area contributed by atoms with Crippen LogP contribution in [-0.2, 0) is 33.3 Å². The molecule has 0 saturated carbocycles. The van der Waals surface area contributed by atoms with Crippen LogP contribution >= 0.6 is 0 Å². The minimum absolute atomic E-state index is 0.0490. The third-order valence-corrected chi connectivity index (χ3v) is 3.42. The molecule has 0 aromatic heterocycles. The summed E-state index contributed by atoms with van der Waals surface area (Å²) in [7, 11) is 0. The number of carbonyl (C=O) groups is 3. The quantitative estimate of drug-likeness (QED) is 0.548. The van der Waals surface area contributed by atoms with Gasteiger partial charge in [-0.25, -0.2) is 0 Å². The Morgan fingerprint density at radius 1 is 0.913 bits per heavy atom. The average Bonchev–Trinajstić information content (AvgIpc) is 2.42. The molecular weight excluding hydrogens is 308 g/mol. The Bertz CT molecular complexity index is 435. The minimum Gasteiger partial charge on any atom is -0.456 e. The molecule has 1 saturated heterocycles. The Hall–Kier alpha value is -1.67. The standard InChI is InChI=1S/C15H24O8/c1-8-13(21-9(2)17)15(23-11(4)19)14(22-10(3)18)12(20-8)6-5-7-16/h8,12-16H,5-7H2,1-4H3. The van der Waals surface area contributed by atoms with Gasteiger partial charge in [-0.1, -0.05) is 0 Å². The highest BCUT2D eigenvalue weighted by Crippen LogP contribution is 2.30. The molecule has 1 aliphatic rings. The molecule has 0 spiro atoms. The van der Waals surface area contributed by atoms with Gasteiger partial charge in [0.2, 0.25) is 0 Å². The highest BCUT2D eigenvalue weighted by molar-refractivity contribution is 5.68. The number of ether oxygens (including phenoxy) is 4. The van der Waals surface area contributed by atoms with E-state index in [1.807, 2.05) is 0 Å². The van der Waals surface area contributed by atoms with Gasteiger partial charge in [0, 0.05) is 27.4 Å². The van der Waals surface area contributed by atoms with Crippen LogP contribution in [0.3, 0.4) is 0 Å². The van der Waals surface area contributed by atoms with E-state index in [2.05, 4.69) is 0 Å². The van der Waals surface area contributed by atoms with E-state index in [1.165, 1.54) is 20.8 Å². The molecule has 0 radical (unpaired) electrons. The van der Waals surface area contributed by atoms with Gasteiger partial charge in [0.1, 0.15) is 0 Å². The SMILES string of the molecule is CC(=O)OC1C(C)OC(CCCO)C(OC(C)=O)C1OC(C)=O. The second kappa shape index (κ2) is 8.83. The summed E-state index contributed by atoms with van der Waals surface area (Å²) in [4.78, 5) is 34.1. The molecule has 1 fully saturated rings. The number of esters is 3. The van der Waals surface area contributed by atoms with Gasteiger partial charge < -0.3 is 24.1 Å². The van der Waals surface area contributed by atoms with Crippen molar-refractivity contribution >= 4 is 17.9 Å². The zero-order valence-corrected chi connectivity index (χ0v) is 13.8. The average molecular weight is 332 g/mol. The molecule has 0 amide bonds. The monoisotopic (exact) mass is 332 g/mol. The van der Waals surface area contributed by atoms with Crippen LogP contribution in [0.4, 0.5) is 0 Å². The van der Waals surface area contributed by atoms with Crippen LogP contribution in [0.5, 0.6) is 0 Å². The second-order valence-electron chi connectivity index (χ2n) is 5.47. The maximum atomic E-state index is 11.4. The van der Waals surface area contributed by atoms with Crippen molar-refractivity contribution in [2.24, 2.45) is 0 Å². The predicted molar refractivity (Wildman–Crippen MR) is 77.3 cm³/mol. The van der Waals surface area contributed by atoms with Crippen molar-refractivity contribution in [1.29, 1.82) is 0 Å². The van der Waals surface area contributed by atoms with Crippen LogP contribution in [0.1, 0.15) is 40.5 Å². The number of carbonyl (C=O) groups excluding carboxylic acids is 3. The number of hydrogen-bond acceptors (Lipinski definition) is 8. The summed E-state index contributed by atoms with van der Waals surface area (Å²) in [6, 6.07) is 0.